The number of fused-ring (bicyclic) bond motifs is 1. The number of likely N-dealkylation sites (tertiary alicyclic amines) is 2. The van der Waals surface area contributed by atoms with Gasteiger partial charge < -0.3 is 24.9 Å². The minimum atomic E-state index is -4.48. The maximum absolute atomic E-state index is 14.0. The molecule has 2 N–H and O–H groups in total. The molecule has 2 aromatic rings. The summed E-state index contributed by atoms with van der Waals surface area (Å²) < 4.78 is 43.8. The number of thioether (sulfide) groups is 1. The van der Waals surface area contributed by atoms with Gasteiger partial charge in [0.25, 0.3) is 0 Å². The lowest BCUT2D eigenvalue weighted by Crippen LogP contribution is -2.39. The summed E-state index contributed by atoms with van der Waals surface area (Å²) in [7, 11) is 0. The molecule has 1 atom stereocenters. The van der Waals surface area contributed by atoms with Crippen LogP contribution in [-0.4, -0.2) is 105 Å². The zero-order valence-corrected chi connectivity index (χ0v) is 24.9. The third-order valence-electron chi connectivity index (χ3n) is 8.60. The first-order valence-corrected chi connectivity index (χ1v) is 16.2. The monoisotopic (exact) mass is 609 g/mol. The Bertz CT molecular complexity index is 1210. The normalized spacial score (nSPS) is 19.6. The minimum Gasteiger partial charge on any atom is -0.390 e. The molecule has 2 fully saturated rings. The van der Waals surface area contributed by atoms with Gasteiger partial charge in [0.1, 0.15) is 6.61 Å². The first-order chi connectivity index (χ1) is 20.2. The van der Waals surface area contributed by atoms with Crippen molar-refractivity contribution in [3.63, 3.8) is 0 Å². The second-order valence-electron chi connectivity index (χ2n) is 11.7. The number of β-amino-alcohol motifs (C(OH)–C–C–N with tert-alkyl or cyclic N) is 1. The third-order valence-corrected chi connectivity index (χ3v) is 9.63. The highest BCUT2D eigenvalue weighted by Crippen LogP contribution is 2.40. The number of piperidine rings is 2. The highest BCUT2D eigenvalue weighted by Gasteiger charge is 2.35. The standard InChI is InChI=1S/C30H42F3N5O3S/c31-30(32,33)25-8-7-22(17-27(25)42-16-15-35-10-3-1-4-11-35)29-24-20-37(28(41)21-39)14-9-26(24)38(34-29)19-23(40)18-36-12-5-2-6-13-36/h7-8,17,23,39-40H,1-6,9-16,18-21H2. The molecule has 5 rings (SSSR count). The largest absolute Gasteiger partial charge is 0.417 e. The fourth-order valence-electron chi connectivity index (χ4n) is 6.37. The van der Waals surface area contributed by atoms with Gasteiger partial charge in [0.15, 0.2) is 0 Å². The molecular formula is C30H42F3N5O3S. The molecule has 0 radical (unpaired) electrons. The zero-order chi connectivity index (χ0) is 29.7. The van der Waals surface area contributed by atoms with E-state index in [2.05, 4.69) is 9.80 Å². The molecular weight excluding hydrogens is 567 g/mol. The number of hydrogen-bond donors (Lipinski definition) is 2. The summed E-state index contributed by atoms with van der Waals surface area (Å²) in [5, 5.41) is 25.3. The average Bonchev–Trinajstić information content (AvgIpc) is 3.34. The van der Waals surface area contributed by atoms with E-state index in [-0.39, 0.29) is 18.0 Å². The van der Waals surface area contributed by atoms with E-state index in [0.29, 0.717) is 36.5 Å². The van der Waals surface area contributed by atoms with E-state index in [0.717, 1.165) is 75.7 Å². The predicted molar refractivity (Wildman–Crippen MR) is 156 cm³/mol. The maximum Gasteiger partial charge on any atom is 0.417 e. The second kappa shape index (κ2) is 14.1. The van der Waals surface area contributed by atoms with Crippen LogP contribution >= 0.6 is 11.8 Å². The molecule has 2 saturated heterocycles. The maximum atomic E-state index is 14.0. The van der Waals surface area contributed by atoms with E-state index in [1.807, 2.05) is 0 Å². The lowest BCUT2D eigenvalue weighted by atomic mass is 9.99. The Morgan fingerprint density at radius 3 is 2.33 bits per heavy atom. The molecule has 1 amide bonds. The summed E-state index contributed by atoms with van der Waals surface area (Å²) in [6.45, 7) is 5.46. The van der Waals surface area contributed by atoms with Crippen LogP contribution in [0, 0.1) is 0 Å². The Balaban J connectivity index is 1.42. The topological polar surface area (TPSA) is 85.1 Å². The van der Waals surface area contributed by atoms with Gasteiger partial charge in [0.05, 0.1) is 23.9 Å². The van der Waals surface area contributed by atoms with Crippen molar-refractivity contribution in [3.05, 3.63) is 35.0 Å². The number of aromatic nitrogens is 2. The minimum absolute atomic E-state index is 0.171. The van der Waals surface area contributed by atoms with Crippen LogP contribution in [0.5, 0.6) is 0 Å². The fraction of sp³-hybridized carbons (Fsp3) is 0.667. The van der Waals surface area contributed by atoms with Gasteiger partial charge in [-0.05, 0) is 64.0 Å². The fourth-order valence-corrected chi connectivity index (χ4v) is 7.49. The predicted octanol–water partition coefficient (Wildman–Crippen LogP) is 3.87. The van der Waals surface area contributed by atoms with Gasteiger partial charge >= 0.3 is 6.18 Å². The number of rotatable bonds is 10. The summed E-state index contributed by atoms with van der Waals surface area (Å²) in [6, 6.07) is 4.17. The van der Waals surface area contributed by atoms with Crippen LogP contribution in [0.2, 0.25) is 0 Å². The van der Waals surface area contributed by atoms with Crippen LogP contribution in [0.3, 0.4) is 0 Å². The van der Waals surface area contributed by atoms with Gasteiger partial charge in [-0.25, -0.2) is 0 Å². The van der Waals surface area contributed by atoms with E-state index in [1.54, 1.807) is 15.6 Å². The molecule has 0 aliphatic carbocycles. The Kier molecular flexibility index (Phi) is 10.5. The van der Waals surface area contributed by atoms with Crippen molar-refractivity contribution >= 4 is 17.7 Å². The van der Waals surface area contributed by atoms with Crippen molar-refractivity contribution in [1.29, 1.82) is 0 Å². The van der Waals surface area contributed by atoms with Crippen LogP contribution in [-0.2, 0) is 30.5 Å². The van der Waals surface area contributed by atoms with E-state index < -0.39 is 30.4 Å². The number of nitrogens with zero attached hydrogens (tertiary/aromatic N) is 5. The summed E-state index contributed by atoms with van der Waals surface area (Å²) in [6.07, 6.45) is 2.27. The van der Waals surface area contributed by atoms with Gasteiger partial charge in [-0.3, -0.25) is 9.48 Å². The number of aliphatic hydroxyl groups is 2. The number of alkyl halides is 3. The Labute approximate surface area is 249 Å². The summed E-state index contributed by atoms with van der Waals surface area (Å²) >= 11 is 1.22. The Morgan fingerprint density at radius 1 is 0.976 bits per heavy atom. The van der Waals surface area contributed by atoms with Crippen LogP contribution in [0.25, 0.3) is 11.3 Å². The number of carbonyl (C=O) groups excluding carboxylic acids is 1. The van der Waals surface area contributed by atoms with Gasteiger partial charge in [-0.1, -0.05) is 18.9 Å². The molecule has 3 aliphatic heterocycles. The van der Waals surface area contributed by atoms with Crippen molar-refractivity contribution in [1.82, 2.24) is 24.5 Å². The number of amides is 1. The smallest absolute Gasteiger partial charge is 0.390 e. The molecule has 42 heavy (non-hydrogen) atoms. The molecule has 12 heteroatoms. The molecule has 8 nitrogen and oxygen atoms in total. The number of benzene rings is 1. The van der Waals surface area contributed by atoms with Gasteiger partial charge in [-0.2, -0.15) is 18.3 Å². The molecule has 232 valence electrons. The molecule has 1 aromatic carbocycles. The van der Waals surface area contributed by atoms with Gasteiger partial charge in [-0.15, -0.1) is 11.8 Å². The molecule has 1 aromatic heterocycles. The highest BCUT2D eigenvalue weighted by molar-refractivity contribution is 7.99. The summed E-state index contributed by atoms with van der Waals surface area (Å²) in [4.78, 5) is 18.7. The summed E-state index contributed by atoms with van der Waals surface area (Å²) in [5.41, 5.74) is 2.07. The quantitative estimate of drug-likeness (QED) is 0.396. The third kappa shape index (κ3) is 7.68. The number of aliphatic hydroxyl groups excluding tert-OH is 2. The Morgan fingerprint density at radius 2 is 1.67 bits per heavy atom. The molecule has 3 aliphatic rings. The van der Waals surface area contributed by atoms with Crippen molar-refractivity contribution in [2.24, 2.45) is 0 Å². The molecule has 1 unspecified atom stereocenters. The SMILES string of the molecule is O=C(CO)N1CCc2c(c(-c3ccc(C(F)(F)F)c(SCCN4CCCCC4)c3)nn2CC(O)CN2CCCCC2)C1. The van der Waals surface area contributed by atoms with Crippen LogP contribution < -0.4 is 0 Å². The van der Waals surface area contributed by atoms with Crippen molar-refractivity contribution < 1.29 is 28.2 Å². The average molecular weight is 610 g/mol. The van der Waals surface area contributed by atoms with E-state index >= 15 is 0 Å². The highest BCUT2D eigenvalue weighted by atomic mass is 32.2. The van der Waals surface area contributed by atoms with Gasteiger partial charge in [0, 0.05) is 60.1 Å². The number of carbonyl (C=O) groups is 1. The number of hydrogen-bond acceptors (Lipinski definition) is 7. The van der Waals surface area contributed by atoms with Crippen LogP contribution in [0.4, 0.5) is 13.2 Å². The van der Waals surface area contributed by atoms with Crippen molar-refractivity contribution in [2.75, 3.05) is 58.2 Å². The Hall–Kier alpha value is -2.12. The summed E-state index contributed by atoms with van der Waals surface area (Å²) in [5.74, 6) is 0.159. The molecule has 0 saturated carbocycles. The second-order valence-corrected chi connectivity index (χ2v) is 12.8. The van der Waals surface area contributed by atoms with Crippen molar-refractivity contribution in [3.8, 4) is 11.3 Å². The lowest BCUT2D eigenvalue weighted by molar-refractivity contribution is -0.139. The molecule has 0 bridgehead atoms. The van der Waals surface area contributed by atoms with Gasteiger partial charge in [0.2, 0.25) is 5.91 Å². The van der Waals surface area contributed by atoms with E-state index in [9.17, 15) is 28.2 Å². The first kappa shape index (κ1) is 31.3. The first-order valence-electron chi connectivity index (χ1n) is 15.2. The van der Waals surface area contributed by atoms with Crippen LogP contribution in [0.15, 0.2) is 23.1 Å². The van der Waals surface area contributed by atoms with Crippen molar-refractivity contribution in [2.45, 2.75) is 75.2 Å². The van der Waals surface area contributed by atoms with Crippen LogP contribution in [0.1, 0.15) is 55.3 Å². The molecule has 4 heterocycles. The molecule has 0 spiro atoms. The lowest BCUT2D eigenvalue weighted by Gasteiger charge is -2.29. The van der Waals surface area contributed by atoms with E-state index in [4.69, 9.17) is 5.10 Å². The van der Waals surface area contributed by atoms with E-state index in [1.165, 1.54) is 30.7 Å². The zero-order valence-electron chi connectivity index (χ0n) is 24.1. The number of halogens is 3.